The third-order valence-electron chi connectivity index (χ3n) is 1.60. The van der Waals surface area contributed by atoms with Crippen molar-refractivity contribution in [3.63, 3.8) is 0 Å². The summed E-state index contributed by atoms with van der Waals surface area (Å²) in [5, 5.41) is 0. The normalized spacial score (nSPS) is 18.1. The molecule has 0 bridgehead atoms. The summed E-state index contributed by atoms with van der Waals surface area (Å²) in [5.41, 5.74) is 9.55. The summed E-state index contributed by atoms with van der Waals surface area (Å²) in [7, 11) is 4.34. The number of hydrogen-bond donors (Lipinski definition) is 0. The summed E-state index contributed by atoms with van der Waals surface area (Å²) in [6.45, 7) is 0. The molecule has 8 heavy (non-hydrogen) atoms. The van der Waals surface area contributed by atoms with E-state index in [1.54, 1.807) is 0 Å². The van der Waals surface area contributed by atoms with Crippen molar-refractivity contribution in [2.45, 2.75) is 22.8 Å². The van der Waals surface area contributed by atoms with E-state index in [0.29, 0.717) is 0 Å². The zero-order valence-corrected chi connectivity index (χ0v) is 8.77. The monoisotopic (exact) mass is 179 g/mol. The summed E-state index contributed by atoms with van der Waals surface area (Å²) in [6, 6.07) is 0. The van der Waals surface area contributed by atoms with E-state index in [-0.39, 0.29) is 0 Å². The molecule has 0 aliphatic carbocycles. The Labute approximate surface area is 53.9 Å². The van der Waals surface area contributed by atoms with Gasteiger partial charge in [-0.2, -0.15) is 0 Å². The van der Waals surface area contributed by atoms with Crippen LogP contribution >= 0.6 is 0 Å². The molecule has 0 amide bonds. The molecule has 2 heteroatoms. The van der Waals surface area contributed by atoms with Crippen LogP contribution in [0.1, 0.15) is 0 Å². The van der Waals surface area contributed by atoms with Crippen LogP contribution in [0, 0.1) is 0 Å². The first-order valence-corrected chi connectivity index (χ1v) is 11.2. The van der Waals surface area contributed by atoms with E-state index in [2.05, 4.69) is 40.8 Å². The van der Waals surface area contributed by atoms with Crippen molar-refractivity contribution in [3.05, 3.63) is 0 Å². The molecule has 1 nitrogen and oxygen atoms in total. The molecule has 52 valence electrons. The summed E-state index contributed by atoms with van der Waals surface area (Å²) in [4.78, 5) is 0. The van der Waals surface area contributed by atoms with Crippen molar-refractivity contribution in [1.82, 2.24) is 3.82 Å². The molecule has 0 saturated heterocycles. The zero-order valence-electron chi connectivity index (χ0n) is 6.89. The number of nitrogens with zero attached hydrogens (tertiary/aromatic N) is 1. The second kappa shape index (κ2) is 1.75. The molecule has 0 atom stereocenters. The van der Waals surface area contributed by atoms with Crippen molar-refractivity contribution in [3.8, 4) is 0 Å². The average molecular weight is 179 g/mol. The van der Waals surface area contributed by atoms with Crippen molar-refractivity contribution in [1.29, 1.82) is 0 Å². The molecule has 0 fully saturated rings. The topological polar surface area (TPSA) is 3.24 Å². The summed E-state index contributed by atoms with van der Waals surface area (Å²) < 4.78 is 2.39. The first-order chi connectivity index (χ1) is 3.20. The van der Waals surface area contributed by atoms with E-state index in [1.165, 1.54) is 0 Å². The second-order valence-corrected chi connectivity index (χ2v) is 20.6. The second-order valence-electron chi connectivity index (χ2n) is 4.33. The Hall–Kier alpha value is 0.518. The van der Waals surface area contributed by atoms with Gasteiger partial charge in [-0.3, -0.25) is 0 Å². The summed E-state index contributed by atoms with van der Waals surface area (Å²) >= 11 is -1.83. The Bertz CT molecular complexity index is 79.2. The van der Waals surface area contributed by atoms with Crippen LogP contribution in [0.5, 0.6) is 0 Å². The minimum absolute atomic E-state index is 1.83. The Morgan fingerprint density at radius 1 is 0.875 bits per heavy atom. The van der Waals surface area contributed by atoms with Gasteiger partial charge in [0.15, 0.2) is 0 Å². The van der Waals surface area contributed by atoms with E-state index >= 15 is 0 Å². The molecule has 0 aliphatic heterocycles. The summed E-state index contributed by atoms with van der Waals surface area (Å²) in [6.07, 6.45) is 0. The van der Waals surface area contributed by atoms with Gasteiger partial charge in [0.1, 0.15) is 0 Å². The molecule has 0 saturated carbocycles. The van der Waals surface area contributed by atoms with Crippen LogP contribution in [0.15, 0.2) is 0 Å². The predicted octanol–water partition coefficient (Wildman–Crippen LogP) is 1.97. The maximum absolute atomic E-state index is 2.39. The Morgan fingerprint density at radius 3 is 1.00 bits per heavy atom. The molecule has 0 rings (SSSR count). The van der Waals surface area contributed by atoms with Crippen molar-refractivity contribution in [2.24, 2.45) is 0 Å². The molecule has 0 N–H and O–H groups in total. The number of rotatable bonds is 1. The molecular weight excluding hydrogens is 161 g/mol. The van der Waals surface area contributed by atoms with Crippen LogP contribution in [0.3, 0.4) is 0 Å². The summed E-state index contributed by atoms with van der Waals surface area (Å²) in [5.74, 6) is 0. The van der Waals surface area contributed by atoms with Crippen LogP contribution < -0.4 is 0 Å². The van der Waals surface area contributed by atoms with Crippen LogP contribution in [-0.2, 0) is 0 Å². The fraction of sp³-hybridized carbons (Fsp3) is 1.00. The first kappa shape index (κ1) is 8.52. The van der Waals surface area contributed by atoms with E-state index in [0.717, 1.165) is 0 Å². The molecule has 0 radical (unpaired) electrons. The molecule has 0 unspecified atom stereocenters. The van der Waals surface area contributed by atoms with Crippen molar-refractivity contribution >= 4 is 12.7 Å². The molecule has 0 aromatic carbocycles. The standard InChI is InChI=1S/C6H18AsN/c1-7(2,3,4)8(5)6/h1-6H3. The Kier molecular flexibility index (Phi) is 1.86. The molecule has 0 spiro atoms. The van der Waals surface area contributed by atoms with Gasteiger partial charge in [0.25, 0.3) is 0 Å². The van der Waals surface area contributed by atoms with Gasteiger partial charge in [0, 0.05) is 0 Å². The third-order valence-corrected chi connectivity index (χ3v) is 8.31. The minimum atomic E-state index is -1.83. The van der Waals surface area contributed by atoms with Crippen LogP contribution in [0.25, 0.3) is 0 Å². The first-order valence-electron chi connectivity index (χ1n) is 2.88. The van der Waals surface area contributed by atoms with Gasteiger partial charge in [-0.25, -0.2) is 0 Å². The van der Waals surface area contributed by atoms with Crippen LogP contribution in [-0.4, -0.2) is 30.6 Å². The molecule has 0 heterocycles. The quantitative estimate of drug-likeness (QED) is 0.556. The van der Waals surface area contributed by atoms with E-state index in [9.17, 15) is 0 Å². The predicted molar refractivity (Wildman–Crippen MR) is 42.9 cm³/mol. The van der Waals surface area contributed by atoms with Gasteiger partial charge in [0.2, 0.25) is 0 Å². The average Bonchev–Trinajstić information content (AvgIpc) is 1.27. The Morgan fingerprint density at radius 2 is 1.00 bits per heavy atom. The van der Waals surface area contributed by atoms with Gasteiger partial charge >= 0.3 is 53.4 Å². The van der Waals surface area contributed by atoms with E-state index in [1.807, 2.05) is 0 Å². The van der Waals surface area contributed by atoms with Gasteiger partial charge in [0.05, 0.1) is 0 Å². The fourth-order valence-corrected chi connectivity index (χ4v) is 0. The van der Waals surface area contributed by atoms with E-state index < -0.39 is 12.7 Å². The molecule has 0 aliphatic rings. The molecule has 0 aromatic rings. The third kappa shape index (κ3) is 2.74. The number of hydrogen-bond acceptors (Lipinski definition) is 1. The van der Waals surface area contributed by atoms with Crippen molar-refractivity contribution in [2.75, 3.05) is 14.1 Å². The van der Waals surface area contributed by atoms with Crippen LogP contribution in [0.4, 0.5) is 0 Å². The van der Waals surface area contributed by atoms with Gasteiger partial charge in [-0.1, -0.05) is 0 Å². The molecular formula is C6H18AsN. The van der Waals surface area contributed by atoms with Gasteiger partial charge in [-0.05, 0) is 0 Å². The SMILES string of the molecule is CN(C)[As](C)(C)(C)C. The molecule has 0 aromatic heterocycles. The van der Waals surface area contributed by atoms with Crippen LogP contribution in [0.2, 0.25) is 22.8 Å². The fourth-order valence-electron chi connectivity index (χ4n) is 0. The van der Waals surface area contributed by atoms with E-state index in [4.69, 9.17) is 0 Å². The van der Waals surface area contributed by atoms with Gasteiger partial charge in [-0.15, -0.1) is 0 Å². The van der Waals surface area contributed by atoms with Gasteiger partial charge < -0.3 is 0 Å². The zero-order chi connectivity index (χ0) is 7.02. The Balaban J connectivity index is 4.14. The maximum atomic E-state index is 2.39. The van der Waals surface area contributed by atoms with Crippen molar-refractivity contribution < 1.29 is 0 Å².